The van der Waals surface area contributed by atoms with Crippen molar-refractivity contribution >= 4 is 0 Å². The second-order valence-corrected chi connectivity index (χ2v) is 8.24. The van der Waals surface area contributed by atoms with Gasteiger partial charge in [-0.25, -0.2) is 0 Å². The van der Waals surface area contributed by atoms with Crippen LogP contribution in [0.4, 0.5) is 0 Å². The molecule has 1 heterocycles. The van der Waals surface area contributed by atoms with Gasteiger partial charge in [-0.1, -0.05) is 70.4 Å². The van der Waals surface area contributed by atoms with Gasteiger partial charge < -0.3 is 10.4 Å². The Labute approximate surface area is 169 Å². The van der Waals surface area contributed by atoms with Crippen LogP contribution in [-0.2, 0) is 0 Å². The molecule has 158 valence electrons. The fourth-order valence-corrected chi connectivity index (χ4v) is 4.20. The molecule has 0 amide bonds. The molecule has 1 aliphatic heterocycles. The van der Waals surface area contributed by atoms with E-state index in [4.69, 9.17) is 0 Å². The van der Waals surface area contributed by atoms with Crippen LogP contribution >= 0.6 is 0 Å². The lowest BCUT2D eigenvalue weighted by Crippen LogP contribution is -2.54. The number of likely N-dealkylation sites (N-methyl/N-ethyl adjacent to an activating group) is 1. The highest BCUT2D eigenvalue weighted by Gasteiger charge is 2.35. The Balaban J connectivity index is 1.91. The van der Waals surface area contributed by atoms with E-state index in [0.717, 1.165) is 17.6 Å². The SMILES string of the molecule is CCCCC/C=C/CCCCCCCCCCC1NC=C[N+]1(CC)CCO. The summed E-state index contributed by atoms with van der Waals surface area (Å²) < 4.78 is 0.906. The molecule has 2 N–H and O–H groups in total. The van der Waals surface area contributed by atoms with Gasteiger partial charge in [0.1, 0.15) is 12.7 Å². The van der Waals surface area contributed by atoms with E-state index in [0.29, 0.717) is 6.17 Å². The standard InChI is InChI=1S/C24H47N2O/c1-3-5-6-7-8-9-10-11-12-13-14-15-16-17-18-19-24-25-20-21-26(24,4-2)22-23-27/h8-9,20-21,24-25,27H,3-7,10-19,22-23H2,1-2H3/q+1/b9-8+. The predicted molar refractivity (Wildman–Crippen MR) is 118 cm³/mol. The van der Waals surface area contributed by atoms with Crippen LogP contribution in [0.15, 0.2) is 24.6 Å². The molecule has 0 aromatic carbocycles. The van der Waals surface area contributed by atoms with E-state index in [9.17, 15) is 5.11 Å². The van der Waals surface area contributed by atoms with Gasteiger partial charge in [0.25, 0.3) is 0 Å². The van der Waals surface area contributed by atoms with Gasteiger partial charge in [0, 0.05) is 6.42 Å². The molecule has 0 saturated heterocycles. The van der Waals surface area contributed by atoms with Crippen molar-refractivity contribution in [2.24, 2.45) is 0 Å². The zero-order chi connectivity index (χ0) is 19.6. The van der Waals surface area contributed by atoms with Crippen molar-refractivity contribution in [2.75, 3.05) is 19.7 Å². The van der Waals surface area contributed by atoms with Crippen LogP contribution in [0, 0.1) is 0 Å². The molecular weight excluding hydrogens is 332 g/mol. The third-order valence-electron chi connectivity index (χ3n) is 6.13. The first-order valence-corrected chi connectivity index (χ1v) is 11.8. The van der Waals surface area contributed by atoms with Crippen molar-refractivity contribution in [2.45, 2.75) is 110 Å². The lowest BCUT2D eigenvalue weighted by molar-refractivity contribution is -0.900. The Morgan fingerprint density at radius 2 is 1.44 bits per heavy atom. The highest BCUT2D eigenvalue weighted by Crippen LogP contribution is 2.22. The Morgan fingerprint density at radius 1 is 0.852 bits per heavy atom. The second kappa shape index (κ2) is 16.2. The second-order valence-electron chi connectivity index (χ2n) is 8.24. The Bertz CT molecular complexity index is 394. The molecule has 0 aromatic heterocycles. The van der Waals surface area contributed by atoms with E-state index in [2.05, 4.69) is 43.7 Å². The van der Waals surface area contributed by atoms with Gasteiger partial charge >= 0.3 is 0 Å². The van der Waals surface area contributed by atoms with Crippen LogP contribution in [0.25, 0.3) is 0 Å². The van der Waals surface area contributed by atoms with Gasteiger partial charge in [0.15, 0.2) is 6.17 Å². The van der Waals surface area contributed by atoms with E-state index in [1.807, 2.05) is 0 Å². The summed E-state index contributed by atoms with van der Waals surface area (Å²) in [5.41, 5.74) is 0. The van der Waals surface area contributed by atoms with Crippen molar-refractivity contribution in [3.8, 4) is 0 Å². The summed E-state index contributed by atoms with van der Waals surface area (Å²) in [5, 5.41) is 12.9. The lowest BCUT2D eigenvalue weighted by atomic mass is 10.0. The lowest BCUT2D eigenvalue weighted by Gasteiger charge is -2.36. The van der Waals surface area contributed by atoms with Gasteiger partial charge in [-0.05, 0) is 39.0 Å². The summed E-state index contributed by atoms with van der Waals surface area (Å²) in [5.74, 6) is 0. The minimum atomic E-state index is 0.269. The Kier molecular flexibility index (Phi) is 14.5. The van der Waals surface area contributed by atoms with Crippen LogP contribution < -0.4 is 5.32 Å². The first kappa shape index (κ1) is 24.2. The number of aliphatic hydroxyl groups is 1. The van der Waals surface area contributed by atoms with Crippen molar-refractivity contribution in [3.63, 3.8) is 0 Å². The predicted octanol–water partition coefficient (Wildman–Crippen LogP) is 6.25. The van der Waals surface area contributed by atoms with Crippen molar-refractivity contribution in [3.05, 3.63) is 24.6 Å². The number of nitrogens with zero attached hydrogens (tertiary/aromatic N) is 1. The highest BCUT2D eigenvalue weighted by molar-refractivity contribution is 4.84. The summed E-state index contributed by atoms with van der Waals surface area (Å²) in [4.78, 5) is 0. The normalized spacial score (nSPS) is 22.0. The Hall–Kier alpha value is -0.800. The molecule has 0 saturated carbocycles. The topological polar surface area (TPSA) is 32.3 Å². The van der Waals surface area contributed by atoms with Gasteiger partial charge in [-0.15, -0.1) is 0 Å². The molecule has 1 rings (SSSR count). The maximum Gasteiger partial charge on any atom is 0.166 e. The largest absolute Gasteiger partial charge is 0.390 e. The third kappa shape index (κ3) is 10.4. The van der Waals surface area contributed by atoms with Crippen LogP contribution in [0.1, 0.15) is 104 Å². The van der Waals surface area contributed by atoms with E-state index in [1.165, 1.54) is 89.9 Å². The maximum atomic E-state index is 9.36. The van der Waals surface area contributed by atoms with E-state index < -0.39 is 0 Å². The number of unbranched alkanes of at least 4 members (excludes halogenated alkanes) is 11. The van der Waals surface area contributed by atoms with Crippen molar-refractivity contribution in [1.82, 2.24) is 5.32 Å². The summed E-state index contributed by atoms with van der Waals surface area (Å²) in [7, 11) is 0. The van der Waals surface area contributed by atoms with Gasteiger partial charge in [0.2, 0.25) is 0 Å². The average molecular weight is 380 g/mol. The summed E-state index contributed by atoms with van der Waals surface area (Å²) in [6.07, 6.45) is 28.4. The quantitative estimate of drug-likeness (QED) is 0.167. The number of hydrogen-bond donors (Lipinski definition) is 2. The highest BCUT2D eigenvalue weighted by atomic mass is 16.3. The molecule has 0 aliphatic carbocycles. The zero-order valence-electron chi connectivity index (χ0n) is 18.3. The van der Waals surface area contributed by atoms with E-state index in [1.54, 1.807) is 0 Å². The van der Waals surface area contributed by atoms with Crippen LogP contribution in [-0.4, -0.2) is 35.5 Å². The number of rotatable bonds is 18. The number of quaternary nitrogens is 1. The molecule has 2 atom stereocenters. The monoisotopic (exact) mass is 379 g/mol. The molecule has 3 heteroatoms. The van der Waals surface area contributed by atoms with Gasteiger partial charge in [-0.2, -0.15) is 0 Å². The van der Waals surface area contributed by atoms with Crippen LogP contribution in [0.3, 0.4) is 0 Å². The molecule has 0 spiro atoms. The zero-order valence-corrected chi connectivity index (χ0v) is 18.3. The molecule has 2 unspecified atom stereocenters. The summed E-state index contributed by atoms with van der Waals surface area (Å²) in [6.45, 7) is 6.65. The fraction of sp³-hybridized carbons (Fsp3) is 0.833. The fourth-order valence-electron chi connectivity index (χ4n) is 4.20. The van der Waals surface area contributed by atoms with Crippen LogP contribution in [0.5, 0.6) is 0 Å². The molecule has 3 nitrogen and oxygen atoms in total. The van der Waals surface area contributed by atoms with Crippen molar-refractivity contribution < 1.29 is 9.59 Å². The molecule has 1 aliphatic rings. The third-order valence-corrected chi connectivity index (χ3v) is 6.13. The first-order valence-electron chi connectivity index (χ1n) is 11.8. The minimum Gasteiger partial charge on any atom is -0.390 e. The smallest absolute Gasteiger partial charge is 0.166 e. The molecule has 27 heavy (non-hydrogen) atoms. The molecule has 0 bridgehead atoms. The summed E-state index contributed by atoms with van der Waals surface area (Å²) >= 11 is 0. The number of allylic oxidation sites excluding steroid dienone is 2. The van der Waals surface area contributed by atoms with Crippen LogP contribution in [0.2, 0.25) is 0 Å². The van der Waals surface area contributed by atoms with Gasteiger partial charge in [-0.3, -0.25) is 4.48 Å². The summed E-state index contributed by atoms with van der Waals surface area (Å²) in [6, 6.07) is 0. The van der Waals surface area contributed by atoms with Crippen molar-refractivity contribution in [1.29, 1.82) is 0 Å². The first-order chi connectivity index (χ1) is 13.3. The minimum absolute atomic E-state index is 0.269. The molecule has 0 radical (unpaired) electrons. The number of aliphatic hydroxyl groups excluding tert-OH is 1. The Morgan fingerprint density at radius 3 is 2.04 bits per heavy atom. The van der Waals surface area contributed by atoms with Gasteiger partial charge in [0.05, 0.1) is 19.4 Å². The molecular formula is C24H47N2O+. The molecule has 0 fully saturated rings. The average Bonchev–Trinajstić information content (AvgIpc) is 3.08. The number of nitrogens with one attached hydrogen (secondary N) is 1. The number of hydrogen-bond acceptors (Lipinski definition) is 2. The van der Waals surface area contributed by atoms with E-state index >= 15 is 0 Å². The maximum absolute atomic E-state index is 9.36. The van der Waals surface area contributed by atoms with E-state index in [-0.39, 0.29) is 6.61 Å². The molecule has 0 aromatic rings.